The fourth-order valence-electron chi connectivity index (χ4n) is 0.618. The third-order valence-corrected chi connectivity index (χ3v) is 1.08. The molecular weight excluding hydrogens is 186 g/mol. The molecule has 0 unspecified atom stereocenters. The molecule has 13 heavy (non-hydrogen) atoms. The summed E-state index contributed by atoms with van der Waals surface area (Å²) in [5.41, 5.74) is 10.3. The number of nitrogen functional groups attached to an aromatic ring is 1. The molecule has 0 aromatic heterocycles. The Balaban J connectivity index is 0.000000310. The molecule has 5 N–H and O–H groups in total. The molecule has 0 fully saturated rings. The number of nitrogens with two attached hydrogens (primary N) is 2. The Kier molecular flexibility index (Phi) is 5.38. The third-order valence-electron chi connectivity index (χ3n) is 1.08. The standard InChI is InChI=1S/C7H8N2.CH3NOS/c8-7(9)6-4-2-1-3-5-6;2-1(3)4/h1-5H,(H3,8,9);(H3,2,3,4). The van der Waals surface area contributed by atoms with Crippen molar-refractivity contribution in [2.24, 2.45) is 11.5 Å². The maximum atomic E-state index is 9.09. The maximum absolute atomic E-state index is 9.09. The first kappa shape index (κ1) is 11.5. The second-order valence-corrected chi connectivity index (χ2v) is 2.56. The molecular formula is C8H11N3OS. The third kappa shape index (κ3) is 6.89. The van der Waals surface area contributed by atoms with Gasteiger partial charge < -0.3 is 11.5 Å². The van der Waals surface area contributed by atoms with Crippen molar-refractivity contribution in [1.82, 2.24) is 0 Å². The summed E-state index contributed by atoms with van der Waals surface area (Å²) in [7, 11) is 0. The van der Waals surface area contributed by atoms with Gasteiger partial charge in [-0.25, -0.2) is 0 Å². The Morgan fingerprint density at radius 1 is 1.23 bits per heavy atom. The highest BCUT2D eigenvalue weighted by molar-refractivity contribution is 7.96. The lowest BCUT2D eigenvalue weighted by Gasteiger charge is -1.93. The normalized spacial score (nSPS) is 8.08. The van der Waals surface area contributed by atoms with Crippen LogP contribution in [0.5, 0.6) is 0 Å². The number of carbonyl (C=O) groups excluding carboxylic acids is 1. The van der Waals surface area contributed by atoms with Crippen molar-refractivity contribution in [3.05, 3.63) is 35.9 Å². The number of amides is 1. The Morgan fingerprint density at radius 2 is 1.62 bits per heavy atom. The van der Waals surface area contributed by atoms with Crippen LogP contribution in [-0.2, 0) is 0 Å². The summed E-state index contributed by atoms with van der Waals surface area (Å²) in [5, 5.41) is 6.37. The predicted molar refractivity (Wildman–Crippen MR) is 56.0 cm³/mol. The molecule has 0 saturated carbocycles. The molecule has 0 aliphatic carbocycles. The number of primary amides is 1. The summed E-state index contributed by atoms with van der Waals surface area (Å²) in [6.45, 7) is 0. The summed E-state index contributed by atoms with van der Waals surface area (Å²) in [5.74, 6) is 0.121. The van der Waals surface area contributed by atoms with Crippen molar-refractivity contribution in [2.75, 3.05) is 0 Å². The monoisotopic (exact) mass is 197 g/mol. The zero-order chi connectivity index (χ0) is 10.3. The molecule has 1 aromatic carbocycles. The Morgan fingerprint density at radius 3 is 1.85 bits per heavy atom. The van der Waals surface area contributed by atoms with Crippen LogP contribution in [0.4, 0.5) is 4.79 Å². The van der Waals surface area contributed by atoms with Gasteiger partial charge in [0.25, 0.3) is 5.24 Å². The number of carbonyl (C=O) groups is 1. The summed E-state index contributed by atoms with van der Waals surface area (Å²) in [6, 6.07) is 9.23. The van der Waals surface area contributed by atoms with Crippen LogP contribution < -0.4 is 11.5 Å². The van der Waals surface area contributed by atoms with Crippen LogP contribution in [-0.4, -0.2) is 11.1 Å². The summed E-state index contributed by atoms with van der Waals surface area (Å²) >= 11 is 3.10. The molecule has 1 aromatic rings. The van der Waals surface area contributed by atoms with Crippen LogP contribution in [0.1, 0.15) is 5.56 Å². The van der Waals surface area contributed by atoms with Gasteiger partial charge in [-0.2, -0.15) is 0 Å². The highest BCUT2D eigenvalue weighted by atomic mass is 32.1. The fraction of sp³-hybridized carbons (Fsp3) is 0. The van der Waals surface area contributed by atoms with Crippen molar-refractivity contribution >= 4 is 23.7 Å². The van der Waals surface area contributed by atoms with Gasteiger partial charge in [0.05, 0.1) is 0 Å². The fourth-order valence-corrected chi connectivity index (χ4v) is 0.618. The van der Waals surface area contributed by atoms with E-state index in [-0.39, 0.29) is 5.84 Å². The molecule has 1 rings (SSSR count). The zero-order valence-electron chi connectivity index (χ0n) is 6.90. The number of hydrogen-bond acceptors (Lipinski definition) is 2. The van der Waals surface area contributed by atoms with E-state index < -0.39 is 5.24 Å². The second kappa shape index (κ2) is 6.07. The molecule has 5 heteroatoms. The van der Waals surface area contributed by atoms with Crippen molar-refractivity contribution < 1.29 is 4.79 Å². The molecule has 0 spiro atoms. The van der Waals surface area contributed by atoms with Crippen LogP contribution in [0.15, 0.2) is 30.3 Å². The first-order valence-electron chi connectivity index (χ1n) is 3.42. The number of amidine groups is 1. The van der Waals surface area contributed by atoms with Crippen molar-refractivity contribution in [2.45, 2.75) is 0 Å². The predicted octanol–water partition coefficient (Wildman–Crippen LogP) is 0.966. The SMILES string of the molecule is N=C(N)c1ccccc1.NC(=O)S. The summed E-state index contributed by atoms with van der Waals surface area (Å²) in [6.07, 6.45) is 0. The van der Waals surface area contributed by atoms with Crippen LogP contribution in [0.25, 0.3) is 0 Å². The molecule has 0 atom stereocenters. The Hall–Kier alpha value is -1.49. The molecule has 0 aliphatic rings. The average molecular weight is 197 g/mol. The van der Waals surface area contributed by atoms with Gasteiger partial charge in [-0.1, -0.05) is 43.0 Å². The van der Waals surface area contributed by atoms with Crippen molar-refractivity contribution in [1.29, 1.82) is 5.41 Å². The van der Waals surface area contributed by atoms with Crippen molar-refractivity contribution in [3.63, 3.8) is 0 Å². The number of thiol groups is 1. The molecule has 1 amide bonds. The van der Waals surface area contributed by atoms with Crippen LogP contribution in [0.2, 0.25) is 0 Å². The quantitative estimate of drug-likeness (QED) is 0.307. The van der Waals surface area contributed by atoms with Crippen LogP contribution >= 0.6 is 12.6 Å². The van der Waals surface area contributed by atoms with E-state index in [1.54, 1.807) is 0 Å². The number of nitrogens with one attached hydrogen (secondary N) is 1. The maximum Gasteiger partial charge on any atom is 0.273 e. The Bertz CT molecular complexity index is 283. The highest BCUT2D eigenvalue weighted by Gasteiger charge is 1.89. The molecule has 70 valence electrons. The molecule has 0 saturated heterocycles. The lowest BCUT2D eigenvalue weighted by molar-refractivity contribution is 0.267. The topological polar surface area (TPSA) is 93.0 Å². The van der Waals surface area contributed by atoms with Gasteiger partial charge in [0.2, 0.25) is 0 Å². The minimum absolute atomic E-state index is 0.121. The minimum atomic E-state index is -0.639. The first-order chi connectivity index (χ1) is 6.04. The van der Waals surface area contributed by atoms with Gasteiger partial charge in [-0.15, -0.1) is 0 Å². The van der Waals surface area contributed by atoms with Gasteiger partial charge in [-0.05, 0) is 0 Å². The minimum Gasteiger partial charge on any atom is -0.384 e. The van der Waals surface area contributed by atoms with E-state index in [1.165, 1.54) is 0 Å². The van der Waals surface area contributed by atoms with E-state index in [1.807, 2.05) is 30.3 Å². The lowest BCUT2D eigenvalue weighted by atomic mass is 10.2. The van der Waals surface area contributed by atoms with E-state index in [0.717, 1.165) is 5.56 Å². The lowest BCUT2D eigenvalue weighted by Crippen LogP contribution is -2.10. The van der Waals surface area contributed by atoms with E-state index in [4.69, 9.17) is 15.9 Å². The number of hydrogen-bond donors (Lipinski definition) is 4. The summed E-state index contributed by atoms with van der Waals surface area (Å²) in [4.78, 5) is 9.09. The van der Waals surface area contributed by atoms with Gasteiger partial charge in [0.1, 0.15) is 5.84 Å². The largest absolute Gasteiger partial charge is 0.384 e. The van der Waals surface area contributed by atoms with Crippen LogP contribution in [0, 0.1) is 5.41 Å². The second-order valence-electron chi connectivity index (χ2n) is 2.12. The average Bonchev–Trinajstić information content (AvgIpc) is 2.05. The van der Waals surface area contributed by atoms with E-state index in [9.17, 15) is 0 Å². The van der Waals surface area contributed by atoms with Crippen molar-refractivity contribution in [3.8, 4) is 0 Å². The molecule has 0 aliphatic heterocycles. The van der Waals surface area contributed by atoms with E-state index >= 15 is 0 Å². The highest BCUT2D eigenvalue weighted by Crippen LogP contribution is 1.94. The smallest absolute Gasteiger partial charge is 0.273 e. The van der Waals surface area contributed by atoms with E-state index in [0.29, 0.717) is 0 Å². The molecule has 0 radical (unpaired) electrons. The molecule has 4 nitrogen and oxygen atoms in total. The van der Waals surface area contributed by atoms with E-state index in [2.05, 4.69) is 18.4 Å². The molecule has 0 bridgehead atoms. The van der Waals surface area contributed by atoms with Gasteiger partial charge in [0, 0.05) is 5.56 Å². The number of benzene rings is 1. The van der Waals surface area contributed by atoms with Gasteiger partial charge in [0.15, 0.2) is 0 Å². The summed E-state index contributed by atoms with van der Waals surface area (Å²) < 4.78 is 0. The molecule has 0 heterocycles. The van der Waals surface area contributed by atoms with Crippen LogP contribution in [0.3, 0.4) is 0 Å². The van der Waals surface area contributed by atoms with Gasteiger partial charge in [-0.3, -0.25) is 10.2 Å². The Labute approximate surface area is 81.8 Å². The number of rotatable bonds is 1. The first-order valence-corrected chi connectivity index (χ1v) is 3.86. The zero-order valence-corrected chi connectivity index (χ0v) is 7.79. The van der Waals surface area contributed by atoms with Gasteiger partial charge >= 0.3 is 0 Å².